The van der Waals surface area contributed by atoms with Gasteiger partial charge < -0.3 is 9.73 Å². The second-order valence-electron chi connectivity index (χ2n) is 8.45. The van der Waals surface area contributed by atoms with Crippen LogP contribution in [-0.4, -0.2) is 17.1 Å². The third-order valence-electron chi connectivity index (χ3n) is 5.86. The molecule has 3 heteroatoms. The predicted molar refractivity (Wildman–Crippen MR) is 83.1 cm³/mol. The van der Waals surface area contributed by atoms with Crippen molar-refractivity contribution in [2.45, 2.75) is 64.3 Å². The van der Waals surface area contributed by atoms with Gasteiger partial charge >= 0.3 is 0 Å². The van der Waals surface area contributed by atoms with E-state index in [1.54, 1.807) is 0 Å². The first kappa shape index (κ1) is 13.8. The number of nitrogens with zero attached hydrogens (tertiary/aromatic N) is 1. The molecule has 0 radical (unpaired) electrons. The largest absolute Gasteiger partial charge is 0.445 e. The van der Waals surface area contributed by atoms with Crippen LogP contribution in [0.2, 0.25) is 0 Å². The molecule has 2 bridgehead atoms. The minimum atomic E-state index is 0.201. The van der Waals surface area contributed by atoms with E-state index >= 15 is 0 Å². The van der Waals surface area contributed by atoms with Gasteiger partial charge in [-0.2, -0.15) is 0 Å². The third-order valence-corrected chi connectivity index (χ3v) is 5.86. The van der Waals surface area contributed by atoms with Crippen LogP contribution >= 0.6 is 0 Å². The minimum Gasteiger partial charge on any atom is -0.445 e. The lowest BCUT2D eigenvalue weighted by molar-refractivity contribution is 0.396. The molecule has 3 fully saturated rings. The monoisotopic (exact) mass is 288 g/mol. The standard InChI is InChI=1S/C18H28N2O/c1-18(2,3)20-8-4-5-14-19-10-13(21-14)17-15-11-6-7-12(9-11)16(15)17/h10-12,15-17,20H,4-9H2,1-3H3. The van der Waals surface area contributed by atoms with Crippen LogP contribution in [0, 0.1) is 23.7 Å². The lowest BCUT2D eigenvalue weighted by Crippen LogP contribution is -2.36. The van der Waals surface area contributed by atoms with Crippen molar-refractivity contribution in [2.75, 3.05) is 6.54 Å². The first-order valence-corrected chi connectivity index (χ1v) is 8.72. The fourth-order valence-electron chi connectivity index (χ4n) is 5.00. The average molecular weight is 288 g/mol. The molecule has 1 aromatic rings. The van der Waals surface area contributed by atoms with E-state index in [-0.39, 0.29) is 5.54 Å². The van der Waals surface area contributed by atoms with Crippen LogP contribution in [0.25, 0.3) is 0 Å². The van der Waals surface area contributed by atoms with Gasteiger partial charge in [0.15, 0.2) is 5.89 Å². The van der Waals surface area contributed by atoms with E-state index in [9.17, 15) is 0 Å². The number of fused-ring (bicyclic) bond motifs is 5. The molecule has 0 saturated heterocycles. The molecule has 0 spiro atoms. The molecule has 3 aliphatic carbocycles. The average Bonchev–Trinajstić information content (AvgIpc) is 2.83. The van der Waals surface area contributed by atoms with E-state index in [1.165, 1.54) is 25.0 Å². The highest BCUT2D eigenvalue weighted by atomic mass is 16.4. The number of aromatic nitrogens is 1. The molecule has 4 unspecified atom stereocenters. The second kappa shape index (κ2) is 4.84. The van der Waals surface area contributed by atoms with Crippen LogP contribution < -0.4 is 5.32 Å². The number of rotatable bonds is 5. The van der Waals surface area contributed by atoms with E-state index in [0.29, 0.717) is 0 Å². The summed E-state index contributed by atoms with van der Waals surface area (Å²) in [4.78, 5) is 4.51. The summed E-state index contributed by atoms with van der Waals surface area (Å²) in [5.74, 6) is 6.78. The van der Waals surface area contributed by atoms with Crippen molar-refractivity contribution in [3.05, 3.63) is 17.8 Å². The molecule has 0 amide bonds. The van der Waals surface area contributed by atoms with Crippen molar-refractivity contribution in [1.29, 1.82) is 0 Å². The Morgan fingerprint density at radius 3 is 2.62 bits per heavy atom. The molecule has 1 aromatic heterocycles. The maximum Gasteiger partial charge on any atom is 0.194 e. The van der Waals surface area contributed by atoms with Gasteiger partial charge in [-0.15, -0.1) is 0 Å². The smallest absolute Gasteiger partial charge is 0.194 e. The fraction of sp³-hybridized carbons (Fsp3) is 0.833. The molecule has 3 aliphatic rings. The molecule has 3 saturated carbocycles. The molecule has 3 nitrogen and oxygen atoms in total. The summed E-state index contributed by atoms with van der Waals surface area (Å²) in [6.07, 6.45) is 8.53. The van der Waals surface area contributed by atoms with E-state index in [1.807, 2.05) is 6.20 Å². The van der Waals surface area contributed by atoms with Crippen LogP contribution in [-0.2, 0) is 6.42 Å². The molecule has 0 aromatic carbocycles. The number of aryl methyl sites for hydroxylation is 1. The first-order chi connectivity index (χ1) is 10.0. The zero-order chi connectivity index (χ0) is 14.6. The summed E-state index contributed by atoms with van der Waals surface area (Å²) < 4.78 is 6.06. The highest BCUT2D eigenvalue weighted by Crippen LogP contribution is 2.73. The molecule has 1 N–H and O–H groups in total. The topological polar surface area (TPSA) is 38.1 Å². The summed E-state index contributed by atoms with van der Waals surface area (Å²) in [6, 6.07) is 0. The van der Waals surface area contributed by atoms with E-state index in [2.05, 4.69) is 31.1 Å². The summed E-state index contributed by atoms with van der Waals surface area (Å²) in [6.45, 7) is 7.64. The lowest BCUT2D eigenvalue weighted by Gasteiger charge is -2.20. The first-order valence-electron chi connectivity index (χ1n) is 8.72. The van der Waals surface area contributed by atoms with Gasteiger partial charge in [0.1, 0.15) is 5.76 Å². The van der Waals surface area contributed by atoms with Crippen molar-refractivity contribution >= 4 is 0 Å². The lowest BCUT2D eigenvalue weighted by atomic mass is 10.0. The number of hydrogen-bond donors (Lipinski definition) is 1. The normalized spacial score (nSPS) is 37.0. The molecular weight excluding hydrogens is 260 g/mol. The van der Waals surface area contributed by atoms with Gasteiger partial charge in [-0.1, -0.05) is 0 Å². The van der Waals surface area contributed by atoms with Crippen LogP contribution in [0.4, 0.5) is 0 Å². The van der Waals surface area contributed by atoms with Crippen molar-refractivity contribution in [3.8, 4) is 0 Å². The molecule has 0 aliphatic heterocycles. The zero-order valence-electron chi connectivity index (χ0n) is 13.6. The van der Waals surface area contributed by atoms with Crippen LogP contribution in [0.3, 0.4) is 0 Å². The quantitative estimate of drug-likeness (QED) is 0.838. The predicted octanol–water partition coefficient (Wildman–Crippen LogP) is 3.75. The Bertz CT molecular complexity index is 500. The molecule has 21 heavy (non-hydrogen) atoms. The van der Waals surface area contributed by atoms with E-state index in [4.69, 9.17) is 4.42 Å². The highest BCUT2D eigenvalue weighted by Gasteiger charge is 2.66. The summed E-state index contributed by atoms with van der Waals surface area (Å²) >= 11 is 0. The Kier molecular flexibility index (Phi) is 3.18. The highest BCUT2D eigenvalue weighted by molar-refractivity contribution is 5.25. The van der Waals surface area contributed by atoms with Crippen LogP contribution in [0.1, 0.15) is 64.0 Å². The van der Waals surface area contributed by atoms with Crippen molar-refractivity contribution < 1.29 is 4.42 Å². The summed E-state index contributed by atoms with van der Waals surface area (Å²) in [7, 11) is 0. The maximum atomic E-state index is 6.06. The Labute approximate surface area is 127 Å². The number of hydrogen-bond acceptors (Lipinski definition) is 3. The van der Waals surface area contributed by atoms with E-state index < -0.39 is 0 Å². The molecular formula is C18H28N2O. The van der Waals surface area contributed by atoms with Gasteiger partial charge in [0.25, 0.3) is 0 Å². The Morgan fingerprint density at radius 2 is 1.95 bits per heavy atom. The number of oxazole rings is 1. The van der Waals surface area contributed by atoms with Gasteiger partial charge in [0.05, 0.1) is 6.20 Å². The third kappa shape index (κ3) is 2.54. The maximum absolute atomic E-state index is 6.06. The Hall–Kier alpha value is -0.830. The molecule has 4 rings (SSSR count). The second-order valence-corrected chi connectivity index (χ2v) is 8.45. The van der Waals surface area contributed by atoms with Crippen LogP contribution in [0.15, 0.2) is 10.6 Å². The zero-order valence-corrected chi connectivity index (χ0v) is 13.6. The number of nitrogens with one attached hydrogen (secondary N) is 1. The Balaban J connectivity index is 1.29. The summed E-state index contributed by atoms with van der Waals surface area (Å²) in [5.41, 5.74) is 0.201. The van der Waals surface area contributed by atoms with Gasteiger partial charge in [0, 0.05) is 17.9 Å². The van der Waals surface area contributed by atoms with Gasteiger partial charge in [0.2, 0.25) is 0 Å². The summed E-state index contributed by atoms with van der Waals surface area (Å²) in [5, 5.41) is 3.52. The Morgan fingerprint density at radius 1 is 1.24 bits per heavy atom. The van der Waals surface area contributed by atoms with Crippen molar-refractivity contribution in [2.24, 2.45) is 23.7 Å². The molecule has 4 atom stereocenters. The minimum absolute atomic E-state index is 0.201. The molecule has 1 heterocycles. The van der Waals surface area contributed by atoms with Gasteiger partial charge in [-0.3, -0.25) is 0 Å². The van der Waals surface area contributed by atoms with Crippen molar-refractivity contribution in [3.63, 3.8) is 0 Å². The molecule has 116 valence electrons. The van der Waals surface area contributed by atoms with Crippen LogP contribution in [0.5, 0.6) is 0 Å². The van der Waals surface area contributed by atoms with E-state index in [0.717, 1.165) is 54.9 Å². The van der Waals surface area contributed by atoms with Gasteiger partial charge in [-0.05, 0) is 76.7 Å². The van der Waals surface area contributed by atoms with Crippen molar-refractivity contribution in [1.82, 2.24) is 10.3 Å². The SMILES string of the molecule is CC(C)(C)NCCCc1ncc(C2C3C4CCC(C4)C23)o1. The fourth-order valence-corrected chi connectivity index (χ4v) is 5.00. The van der Waals surface area contributed by atoms with Gasteiger partial charge in [-0.25, -0.2) is 4.98 Å².